The first kappa shape index (κ1) is 22.5. The van der Waals surface area contributed by atoms with Gasteiger partial charge in [0.05, 0.1) is 12.3 Å². The lowest BCUT2D eigenvalue weighted by Gasteiger charge is -2.24. The second-order valence-corrected chi connectivity index (χ2v) is 9.08. The van der Waals surface area contributed by atoms with E-state index in [0.717, 1.165) is 25.9 Å². The summed E-state index contributed by atoms with van der Waals surface area (Å²) in [6.07, 6.45) is 4.36. The van der Waals surface area contributed by atoms with Crippen LogP contribution in [0.1, 0.15) is 36.0 Å². The van der Waals surface area contributed by atoms with Crippen LogP contribution in [0.25, 0.3) is 0 Å². The van der Waals surface area contributed by atoms with Gasteiger partial charge >= 0.3 is 0 Å². The highest BCUT2D eigenvalue weighted by molar-refractivity contribution is 6.05. The number of amides is 1. The Morgan fingerprint density at radius 2 is 1.84 bits per heavy atom. The fraction of sp³-hybridized carbons (Fsp3) is 0.480. The maximum Gasteiger partial charge on any atom is 0.258 e. The highest BCUT2D eigenvalue weighted by Crippen LogP contribution is 2.33. The third kappa shape index (κ3) is 5.04. The van der Waals surface area contributed by atoms with Gasteiger partial charge in [-0.15, -0.1) is 0 Å². The van der Waals surface area contributed by atoms with E-state index in [9.17, 15) is 13.6 Å². The maximum atomic E-state index is 14.9. The van der Waals surface area contributed by atoms with Crippen LogP contribution < -0.4 is 14.5 Å². The molecule has 1 amide bonds. The van der Waals surface area contributed by atoms with Crippen molar-refractivity contribution in [2.24, 2.45) is 5.92 Å². The summed E-state index contributed by atoms with van der Waals surface area (Å²) in [5.74, 6) is -0.478. The van der Waals surface area contributed by atoms with Crippen LogP contribution in [-0.2, 0) is 0 Å². The predicted molar refractivity (Wildman–Crippen MR) is 123 cm³/mol. The molecule has 4 rings (SSSR count). The van der Waals surface area contributed by atoms with Crippen LogP contribution >= 0.6 is 0 Å². The Morgan fingerprint density at radius 3 is 2.47 bits per heavy atom. The first-order chi connectivity index (χ1) is 15.3. The standard InChI is InChI=1S/C25H31F2N3O2/c1-28(2)20-10-12-30(16-20)23-8-7-19(15-21(23)26)29(3)25(31)18-6-9-24(22(27)14-18)32-13-11-17-4-5-17/h6-9,14-15,17,20H,4-5,10-13,16H2,1-3H3. The smallest absolute Gasteiger partial charge is 0.258 e. The molecule has 2 aromatic rings. The third-order valence-electron chi connectivity index (χ3n) is 6.52. The Labute approximate surface area is 188 Å². The van der Waals surface area contributed by atoms with Gasteiger partial charge in [0.1, 0.15) is 5.82 Å². The Hall–Kier alpha value is -2.67. The van der Waals surface area contributed by atoms with E-state index in [2.05, 4.69) is 4.90 Å². The molecular weight excluding hydrogens is 412 g/mol. The monoisotopic (exact) mass is 443 g/mol. The Balaban J connectivity index is 1.42. The molecule has 1 aliphatic heterocycles. The first-order valence-corrected chi connectivity index (χ1v) is 11.2. The van der Waals surface area contributed by atoms with Gasteiger partial charge in [-0.05, 0) is 69.3 Å². The van der Waals surface area contributed by atoms with Crippen LogP contribution in [0.15, 0.2) is 36.4 Å². The van der Waals surface area contributed by atoms with Crippen molar-refractivity contribution in [1.82, 2.24) is 4.90 Å². The zero-order valence-corrected chi connectivity index (χ0v) is 19.0. The van der Waals surface area contributed by atoms with Crippen molar-refractivity contribution in [2.75, 3.05) is 50.6 Å². The van der Waals surface area contributed by atoms with Gasteiger partial charge in [0.25, 0.3) is 5.91 Å². The molecule has 32 heavy (non-hydrogen) atoms. The van der Waals surface area contributed by atoms with Crippen LogP contribution in [0, 0.1) is 17.6 Å². The number of carbonyl (C=O) groups excluding carboxylic acids is 1. The van der Waals surface area contributed by atoms with Gasteiger partial charge in [-0.2, -0.15) is 0 Å². The summed E-state index contributed by atoms with van der Waals surface area (Å²) in [5.41, 5.74) is 1.15. The molecule has 2 aromatic carbocycles. The molecule has 2 aliphatic rings. The molecule has 1 heterocycles. The van der Waals surface area contributed by atoms with Crippen molar-refractivity contribution in [2.45, 2.75) is 31.7 Å². The van der Waals surface area contributed by atoms with Crippen molar-refractivity contribution in [3.63, 3.8) is 0 Å². The largest absolute Gasteiger partial charge is 0.491 e. The number of rotatable bonds is 8. The van der Waals surface area contributed by atoms with E-state index in [1.807, 2.05) is 19.0 Å². The van der Waals surface area contributed by atoms with E-state index in [4.69, 9.17) is 4.74 Å². The van der Waals surface area contributed by atoms with Crippen LogP contribution in [0.4, 0.5) is 20.2 Å². The number of hydrogen-bond acceptors (Lipinski definition) is 4. The average Bonchev–Trinajstić information content (AvgIpc) is 3.46. The molecule has 1 saturated carbocycles. The number of ether oxygens (including phenoxy) is 1. The molecule has 1 atom stereocenters. The Kier molecular flexibility index (Phi) is 6.65. The van der Waals surface area contributed by atoms with Gasteiger partial charge in [0.15, 0.2) is 11.6 Å². The lowest BCUT2D eigenvalue weighted by molar-refractivity contribution is 0.0992. The number of nitrogens with zero attached hydrogens (tertiary/aromatic N) is 3. The number of hydrogen-bond donors (Lipinski definition) is 0. The van der Waals surface area contributed by atoms with Gasteiger partial charge in [0, 0.05) is 37.4 Å². The highest BCUT2D eigenvalue weighted by Gasteiger charge is 2.26. The number of carbonyl (C=O) groups is 1. The fourth-order valence-electron chi connectivity index (χ4n) is 4.15. The zero-order valence-electron chi connectivity index (χ0n) is 19.0. The predicted octanol–water partition coefficient (Wildman–Crippen LogP) is 4.56. The summed E-state index contributed by atoms with van der Waals surface area (Å²) >= 11 is 0. The van der Waals surface area contributed by atoms with Crippen LogP contribution in [0.2, 0.25) is 0 Å². The summed E-state index contributed by atoms with van der Waals surface area (Å²) in [4.78, 5) is 18.4. The second kappa shape index (κ2) is 9.45. The van der Waals surface area contributed by atoms with Gasteiger partial charge in [-0.25, -0.2) is 8.78 Å². The van der Waals surface area contributed by atoms with Crippen molar-refractivity contribution in [3.05, 3.63) is 53.6 Å². The molecule has 0 radical (unpaired) electrons. The molecule has 0 aromatic heterocycles. The summed E-state index contributed by atoms with van der Waals surface area (Å²) in [5, 5.41) is 0. The summed E-state index contributed by atoms with van der Waals surface area (Å²) in [7, 11) is 5.63. The minimum absolute atomic E-state index is 0.155. The Morgan fingerprint density at radius 1 is 1.06 bits per heavy atom. The maximum absolute atomic E-state index is 14.9. The minimum atomic E-state index is -0.564. The first-order valence-electron chi connectivity index (χ1n) is 11.2. The Bertz CT molecular complexity index is 978. The van der Waals surface area contributed by atoms with Crippen molar-refractivity contribution >= 4 is 17.3 Å². The summed E-state index contributed by atoms with van der Waals surface area (Å²) < 4.78 is 34.8. The molecule has 1 aliphatic carbocycles. The van der Waals surface area contributed by atoms with Gasteiger partial charge in [0.2, 0.25) is 0 Å². The van der Waals surface area contributed by atoms with Gasteiger partial charge < -0.3 is 19.4 Å². The van der Waals surface area contributed by atoms with Crippen molar-refractivity contribution < 1.29 is 18.3 Å². The number of halogens is 2. The molecule has 172 valence electrons. The zero-order chi connectivity index (χ0) is 22.8. The topological polar surface area (TPSA) is 36.0 Å². The fourth-order valence-corrected chi connectivity index (χ4v) is 4.15. The third-order valence-corrected chi connectivity index (χ3v) is 6.52. The van der Waals surface area contributed by atoms with Crippen LogP contribution in [0.5, 0.6) is 5.75 Å². The number of anilines is 2. The molecule has 1 unspecified atom stereocenters. The average molecular weight is 444 g/mol. The molecule has 2 fully saturated rings. The van der Waals surface area contributed by atoms with E-state index in [0.29, 0.717) is 29.9 Å². The van der Waals surface area contributed by atoms with E-state index in [1.165, 1.54) is 35.9 Å². The molecule has 0 spiro atoms. The van der Waals surface area contributed by atoms with Crippen LogP contribution in [-0.4, -0.2) is 57.7 Å². The number of benzene rings is 2. The van der Waals surface area contributed by atoms with E-state index in [-0.39, 0.29) is 17.1 Å². The van der Waals surface area contributed by atoms with Gasteiger partial charge in [-0.3, -0.25) is 4.79 Å². The van der Waals surface area contributed by atoms with E-state index >= 15 is 0 Å². The molecular formula is C25H31F2N3O2. The lowest BCUT2D eigenvalue weighted by Crippen LogP contribution is -2.31. The van der Waals surface area contributed by atoms with E-state index < -0.39 is 11.7 Å². The second-order valence-electron chi connectivity index (χ2n) is 9.08. The van der Waals surface area contributed by atoms with Crippen LogP contribution in [0.3, 0.4) is 0 Å². The number of likely N-dealkylation sites (N-methyl/N-ethyl adjacent to an activating group) is 1. The summed E-state index contributed by atoms with van der Waals surface area (Å²) in [6.45, 7) is 2.04. The molecule has 0 bridgehead atoms. The van der Waals surface area contributed by atoms with Crippen molar-refractivity contribution in [1.29, 1.82) is 0 Å². The van der Waals surface area contributed by atoms with Crippen molar-refractivity contribution in [3.8, 4) is 5.75 Å². The minimum Gasteiger partial charge on any atom is -0.491 e. The normalized spacial score (nSPS) is 18.3. The lowest BCUT2D eigenvalue weighted by atomic mass is 10.1. The van der Waals surface area contributed by atoms with Gasteiger partial charge in [-0.1, -0.05) is 12.8 Å². The SMILES string of the molecule is CN(C(=O)c1ccc(OCCC2CC2)c(F)c1)c1ccc(N2CCC(N(C)C)C2)c(F)c1. The summed E-state index contributed by atoms with van der Waals surface area (Å²) in [6, 6.07) is 9.42. The highest BCUT2D eigenvalue weighted by atomic mass is 19.1. The molecule has 0 N–H and O–H groups in total. The molecule has 7 heteroatoms. The molecule has 1 saturated heterocycles. The quantitative estimate of drug-likeness (QED) is 0.599. The van der Waals surface area contributed by atoms with E-state index in [1.54, 1.807) is 25.2 Å². The molecule has 5 nitrogen and oxygen atoms in total.